The summed E-state index contributed by atoms with van der Waals surface area (Å²) in [6.07, 6.45) is 1.74. The first kappa shape index (κ1) is 19.3. The summed E-state index contributed by atoms with van der Waals surface area (Å²) in [7, 11) is 0. The number of halogens is 1. The minimum Gasteiger partial charge on any atom is -0.347 e. The molecule has 3 aromatic heterocycles. The summed E-state index contributed by atoms with van der Waals surface area (Å²) in [5.74, 6) is 2.18. The number of nitrogens with one attached hydrogen (secondary N) is 3. The molecule has 4 aromatic rings. The van der Waals surface area contributed by atoms with Crippen molar-refractivity contribution < 1.29 is 0 Å². The first-order valence-corrected chi connectivity index (χ1v) is 10.9. The van der Waals surface area contributed by atoms with Crippen LogP contribution in [0.3, 0.4) is 0 Å². The van der Waals surface area contributed by atoms with Crippen LogP contribution in [0.15, 0.2) is 28.9 Å². The standard InChI is InChI=1S/C20H24BrN9/c1-11-4-5-15-16(6-11)26-17(25-15)8-22-19-28-20(27-18-14(21)7-23-30(18)19)29-9-12(2)24-13(3)10-29/h4-7,12-13,24H,8-10H2,1-3H3,(H,25,26)(H,22,27,28)/t12-,13+. The van der Waals surface area contributed by atoms with Gasteiger partial charge in [-0.05, 0) is 54.4 Å². The highest BCUT2D eigenvalue weighted by Gasteiger charge is 2.24. The van der Waals surface area contributed by atoms with Crippen molar-refractivity contribution in [3.05, 3.63) is 40.3 Å². The van der Waals surface area contributed by atoms with E-state index < -0.39 is 0 Å². The average molecular weight is 470 g/mol. The van der Waals surface area contributed by atoms with Crippen molar-refractivity contribution in [2.75, 3.05) is 23.3 Å². The van der Waals surface area contributed by atoms with Crippen LogP contribution in [0.5, 0.6) is 0 Å². The summed E-state index contributed by atoms with van der Waals surface area (Å²) in [5, 5.41) is 11.4. The molecule has 30 heavy (non-hydrogen) atoms. The fraction of sp³-hybridized carbons (Fsp3) is 0.400. The number of benzene rings is 1. The Balaban J connectivity index is 1.46. The Kier molecular flexibility index (Phi) is 4.82. The Hall–Kier alpha value is -2.72. The number of piperazine rings is 1. The second-order valence-corrected chi connectivity index (χ2v) is 8.86. The molecule has 0 saturated carbocycles. The van der Waals surface area contributed by atoms with Crippen LogP contribution < -0.4 is 15.5 Å². The largest absolute Gasteiger partial charge is 0.347 e. The molecule has 1 aromatic carbocycles. The van der Waals surface area contributed by atoms with Gasteiger partial charge in [0.1, 0.15) is 5.82 Å². The van der Waals surface area contributed by atoms with E-state index in [1.165, 1.54) is 5.56 Å². The second-order valence-electron chi connectivity index (χ2n) is 8.01. The maximum absolute atomic E-state index is 4.80. The summed E-state index contributed by atoms with van der Waals surface area (Å²) in [6.45, 7) is 8.64. The minimum absolute atomic E-state index is 0.373. The Labute approximate surface area is 182 Å². The third kappa shape index (κ3) is 3.61. The van der Waals surface area contributed by atoms with Gasteiger partial charge < -0.3 is 20.5 Å². The van der Waals surface area contributed by atoms with Crippen LogP contribution in [-0.4, -0.2) is 54.7 Å². The van der Waals surface area contributed by atoms with Crippen molar-refractivity contribution >= 4 is 44.5 Å². The highest BCUT2D eigenvalue weighted by atomic mass is 79.9. The van der Waals surface area contributed by atoms with E-state index in [9.17, 15) is 0 Å². The zero-order valence-corrected chi connectivity index (χ0v) is 18.7. The molecular formula is C20H24BrN9. The molecule has 3 N–H and O–H groups in total. The molecule has 1 saturated heterocycles. The van der Waals surface area contributed by atoms with Gasteiger partial charge in [-0.3, -0.25) is 0 Å². The minimum atomic E-state index is 0.373. The Morgan fingerprint density at radius 2 is 1.97 bits per heavy atom. The van der Waals surface area contributed by atoms with Gasteiger partial charge >= 0.3 is 0 Å². The van der Waals surface area contributed by atoms with Gasteiger partial charge in [-0.15, -0.1) is 0 Å². The van der Waals surface area contributed by atoms with Crippen LogP contribution in [-0.2, 0) is 6.54 Å². The van der Waals surface area contributed by atoms with Crippen LogP contribution in [0.2, 0.25) is 0 Å². The van der Waals surface area contributed by atoms with Crippen molar-refractivity contribution in [1.29, 1.82) is 0 Å². The fourth-order valence-corrected chi connectivity index (χ4v) is 4.35. The summed E-state index contributed by atoms with van der Waals surface area (Å²) in [5.41, 5.74) is 3.92. The molecule has 0 bridgehead atoms. The van der Waals surface area contributed by atoms with E-state index in [0.29, 0.717) is 30.5 Å². The van der Waals surface area contributed by atoms with Gasteiger partial charge in [-0.1, -0.05) is 6.07 Å². The highest BCUT2D eigenvalue weighted by molar-refractivity contribution is 9.10. The topological polar surface area (TPSA) is 99.1 Å². The highest BCUT2D eigenvalue weighted by Crippen LogP contribution is 2.23. The maximum atomic E-state index is 4.80. The van der Waals surface area contributed by atoms with E-state index in [1.807, 2.05) is 0 Å². The van der Waals surface area contributed by atoms with E-state index in [1.54, 1.807) is 10.7 Å². The molecule has 0 radical (unpaired) electrons. The molecule has 9 nitrogen and oxygen atoms in total. The monoisotopic (exact) mass is 469 g/mol. The van der Waals surface area contributed by atoms with E-state index >= 15 is 0 Å². The van der Waals surface area contributed by atoms with Crippen molar-refractivity contribution in [2.45, 2.75) is 39.4 Å². The number of rotatable bonds is 4. The number of nitrogens with zero attached hydrogens (tertiary/aromatic N) is 6. The predicted molar refractivity (Wildman–Crippen MR) is 121 cm³/mol. The van der Waals surface area contributed by atoms with Crippen molar-refractivity contribution in [3.63, 3.8) is 0 Å². The van der Waals surface area contributed by atoms with Gasteiger partial charge in [-0.2, -0.15) is 19.6 Å². The van der Waals surface area contributed by atoms with Gasteiger partial charge in [-0.25, -0.2) is 4.98 Å². The summed E-state index contributed by atoms with van der Waals surface area (Å²) >= 11 is 3.56. The third-order valence-corrected chi connectivity index (χ3v) is 5.81. The van der Waals surface area contributed by atoms with Crippen molar-refractivity contribution in [2.24, 2.45) is 0 Å². The molecule has 1 fully saturated rings. The van der Waals surface area contributed by atoms with Crippen molar-refractivity contribution in [1.82, 2.24) is 34.9 Å². The SMILES string of the molecule is Cc1ccc2[nH]c(CNc3nc(N4C[C@@H](C)N[C@@H](C)C4)nc4c(Br)cnn34)nc2c1. The zero-order chi connectivity index (χ0) is 20.8. The summed E-state index contributed by atoms with van der Waals surface area (Å²) in [4.78, 5) is 19.8. The van der Waals surface area contributed by atoms with Crippen molar-refractivity contribution in [3.8, 4) is 0 Å². The molecule has 0 aliphatic carbocycles. The van der Waals surface area contributed by atoms with Crippen LogP contribution in [0.25, 0.3) is 16.7 Å². The van der Waals surface area contributed by atoms with Crippen LogP contribution in [0, 0.1) is 6.92 Å². The van der Waals surface area contributed by atoms with Crippen LogP contribution >= 0.6 is 15.9 Å². The van der Waals surface area contributed by atoms with Gasteiger partial charge in [0.25, 0.3) is 0 Å². The van der Waals surface area contributed by atoms with Gasteiger partial charge in [0.05, 0.1) is 28.2 Å². The summed E-state index contributed by atoms with van der Waals surface area (Å²) in [6, 6.07) is 6.96. The van der Waals surface area contributed by atoms with Gasteiger partial charge in [0.15, 0.2) is 5.65 Å². The number of fused-ring (bicyclic) bond motifs is 2. The number of anilines is 2. The number of hydrogen-bond donors (Lipinski definition) is 3. The quantitative estimate of drug-likeness (QED) is 0.422. The molecule has 1 aliphatic heterocycles. The van der Waals surface area contributed by atoms with Gasteiger partial charge in [0, 0.05) is 25.2 Å². The average Bonchev–Trinajstić information content (AvgIpc) is 3.28. The molecule has 2 atom stereocenters. The molecule has 4 heterocycles. The van der Waals surface area contributed by atoms with E-state index in [0.717, 1.165) is 40.1 Å². The molecule has 0 amide bonds. The molecule has 156 valence electrons. The molecular weight excluding hydrogens is 446 g/mol. The second kappa shape index (κ2) is 7.51. The molecule has 0 unspecified atom stereocenters. The fourth-order valence-electron chi connectivity index (χ4n) is 4.00. The maximum Gasteiger partial charge on any atom is 0.230 e. The summed E-state index contributed by atoms with van der Waals surface area (Å²) < 4.78 is 2.56. The lowest BCUT2D eigenvalue weighted by Crippen LogP contribution is -2.54. The molecule has 5 rings (SSSR count). The lowest BCUT2D eigenvalue weighted by atomic mass is 10.1. The molecule has 10 heteroatoms. The lowest BCUT2D eigenvalue weighted by Gasteiger charge is -2.36. The lowest BCUT2D eigenvalue weighted by molar-refractivity contribution is 0.403. The smallest absolute Gasteiger partial charge is 0.230 e. The first-order chi connectivity index (χ1) is 14.5. The van der Waals surface area contributed by atoms with Crippen LogP contribution in [0.1, 0.15) is 25.2 Å². The van der Waals surface area contributed by atoms with E-state index in [-0.39, 0.29) is 0 Å². The number of aromatic nitrogens is 6. The number of H-pyrrole nitrogens is 1. The number of imidazole rings is 1. The van der Waals surface area contributed by atoms with E-state index in [4.69, 9.17) is 9.97 Å². The molecule has 0 spiro atoms. The van der Waals surface area contributed by atoms with Gasteiger partial charge in [0.2, 0.25) is 11.9 Å². The van der Waals surface area contributed by atoms with E-state index in [2.05, 4.69) is 85.5 Å². The first-order valence-electron chi connectivity index (χ1n) is 10.1. The Bertz CT molecular complexity index is 1200. The molecule has 1 aliphatic rings. The number of aromatic amines is 1. The van der Waals surface area contributed by atoms with Crippen LogP contribution in [0.4, 0.5) is 11.9 Å². The third-order valence-electron chi connectivity index (χ3n) is 5.26. The number of aryl methyl sites for hydroxylation is 1. The Morgan fingerprint density at radius 1 is 1.17 bits per heavy atom. The predicted octanol–water partition coefficient (Wildman–Crippen LogP) is 2.87. The number of hydrogen-bond acceptors (Lipinski definition) is 7. The Morgan fingerprint density at radius 3 is 2.77 bits per heavy atom. The zero-order valence-electron chi connectivity index (χ0n) is 17.1. The normalized spacial score (nSPS) is 19.7.